The largest absolute Gasteiger partial charge is 0.388 e. The van der Waals surface area contributed by atoms with E-state index in [4.69, 9.17) is 5.11 Å². The molecule has 1 atom stereocenters. The zero-order chi connectivity index (χ0) is 13.5. The van der Waals surface area contributed by atoms with Crippen LogP contribution in [0.3, 0.4) is 0 Å². The molecule has 0 fully saturated rings. The van der Waals surface area contributed by atoms with Gasteiger partial charge in [-0.25, -0.2) is 0 Å². The highest BCUT2D eigenvalue weighted by Crippen LogP contribution is 2.33. The first-order valence-corrected chi connectivity index (χ1v) is 6.06. The number of carbonyl (C=O) groups is 1. The monoisotopic (exact) mass is 258 g/mol. The number of rotatable bonds is 2. The molecule has 6 nitrogen and oxygen atoms in total. The van der Waals surface area contributed by atoms with Gasteiger partial charge in [0.15, 0.2) is 5.82 Å². The third kappa shape index (κ3) is 1.90. The lowest BCUT2D eigenvalue weighted by Gasteiger charge is -2.34. The summed E-state index contributed by atoms with van der Waals surface area (Å²) in [7, 11) is 0. The van der Waals surface area contributed by atoms with Gasteiger partial charge in [0.05, 0.1) is 12.0 Å². The van der Waals surface area contributed by atoms with Crippen molar-refractivity contribution in [2.45, 2.75) is 25.5 Å². The van der Waals surface area contributed by atoms with Crippen molar-refractivity contribution >= 4 is 11.9 Å². The molecule has 6 heteroatoms. The van der Waals surface area contributed by atoms with Crippen LogP contribution in [-0.2, 0) is 12.1 Å². The Morgan fingerprint density at radius 3 is 2.84 bits per heavy atom. The molecule has 3 rings (SSSR count). The molecule has 1 aromatic carbocycles. The number of benzene rings is 1. The molecule has 1 unspecified atom stereocenters. The number of carbonyl (C=O) groups excluding carboxylic acids is 1. The molecule has 2 heterocycles. The van der Waals surface area contributed by atoms with Gasteiger partial charge in [0.1, 0.15) is 6.61 Å². The summed E-state index contributed by atoms with van der Waals surface area (Å²) in [6.45, 7) is 1.67. The second kappa shape index (κ2) is 4.17. The third-order valence-electron chi connectivity index (χ3n) is 3.33. The van der Waals surface area contributed by atoms with Crippen molar-refractivity contribution in [1.29, 1.82) is 0 Å². The van der Waals surface area contributed by atoms with E-state index in [0.717, 1.165) is 5.56 Å². The highest BCUT2D eigenvalue weighted by atomic mass is 16.3. The lowest BCUT2D eigenvalue weighted by molar-refractivity contribution is 0.0848. The van der Waals surface area contributed by atoms with E-state index >= 15 is 0 Å². The van der Waals surface area contributed by atoms with Crippen molar-refractivity contribution in [2.24, 2.45) is 0 Å². The number of nitrogens with one attached hydrogen (secondary N) is 1. The van der Waals surface area contributed by atoms with E-state index in [-0.39, 0.29) is 24.8 Å². The number of anilines is 1. The van der Waals surface area contributed by atoms with Gasteiger partial charge in [-0.2, -0.15) is 9.67 Å². The molecule has 0 saturated heterocycles. The summed E-state index contributed by atoms with van der Waals surface area (Å²) in [6.07, 6.45) is 0.290. The van der Waals surface area contributed by atoms with Crippen molar-refractivity contribution in [2.75, 3.05) is 5.32 Å². The van der Waals surface area contributed by atoms with Crippen LogP contribution in [0.2, 0.25) is 0 Å². The summed E-state index contributed by atoms with van der Waals surface area (Å²) in [6, 6.07) is 9.75. The van der Waals surface area contributed by atoms with Gasteiger partial charge in [-0.1, -0.05) is 30.3 Å². The smallest absolute Gasteiger partial charge is 0.252 e. The maximum atomic E-state index is 12.1. The molecule has 19 heavy (non-hydrogen) atoms. The molecule has 1 aliphatic heterocycles. The fourth-order valence-electron chi connectivity index (χ4n) is 2.33. The Morgan fingerprint density at radius 1 is 1.42 bits per heavy atom. The molecule has 98 valence electrons. The molecule has 0 spiro atoms. The van der Waals surface area contributed by atoms with E-state index in [1.165, 1.54) is 4.68 Å². The highest BCUT2D eigenvalue weighted by Gasteiger charge is 2.37. The molecular weight excluding hydrogens is 244 g/mol. The summed E-state index contributed by atoms with van der Waals surface area (Å²) in [5.41, 5.74) is 0.511. The fraction of sp³-hybridized carbons (Fsp3) is 0.308. The van der Waals surface area contributed by atoms with Crippen LogP contribution < -0.4 is 5.32 Å². The molecule has 0 bridgehead atoms. The van der Waals surface area contributed by atoms with E-state index in [1.54, 1.807) is 0 Å². The molecule has 2 aromatic rings. The molecule has 0 amide bonds. The number of hydrogen-bond acceptors (Lipinski definition) is 5. The van der Waals surface area contributed by atoms with E-state index in [1.807, 2.05) is 37.3 Å². The van der Waals surface area contributed by atoms with Gasteiger partial charge < -0.3 is 10.4 Å². The second-order valence-electron chi connectivity index (χ2n) is 4.82. The fourth-order valence-corrected chi connectivity index (χ4v) is 2.33. The first-order valence-electron chi connectivity index (χ1n) is 6.06. The highest BCUT2D eigenvalue weighted by molar-refractivity contribution is 5.84. The first kappa shape index (κ1) is 11.9. The zero-order valence-electron chi connectivity index (χ0n) is 10.5. The van der Waals surface area contributed by atoms with Crippen LogP contribution in [0.15, 0.2) is 30.3 Å². The quantitative estimate of drug-likeness (QED) is 0.844. The van der Waals surface area contributed by atoms with E-state index in [0.29, 0.717) is 5.95 Å². The lowest BCUT2D eigenvalue weighted by Crippen LogP contribution is -2.42. The number of nitrogens with zero attached hydrogens (tertiary/aromatic N) is 3. The van der Waals surface area contributed by atoms with Gasteiger partial charge in [0.2, 0.25) is 5.95 Å². The third-order valence-corrected chi connectivity index (χ3v) is 3.33. The van der Waals surface area contributed by atoms with Gasteiger partial charge in [0.25, 0.3) is 5.91 Å². The van der Waals surface area contributed by atoms with E-state index < -0.39 is 5.54 Å². The van der Waals surface area contributed by atoms with Crippen LogP contribution in [0, 0.1) is 0 Å². The lowest BCUT2D eigenvalue weighted by atomic mass is 9.87. The van der Waals surface area contributed by atoms with E-state index in [2.05, 4.69) is 15.4 Å². The number of aromatic nitrogens is 3. The van der Waals surface area contributed by atoms with Crippen LogP contribution in [0.4, 0.5) is 5.95 Å². The maximum Gasteiger partial charge on any atom is 0.252 e. The Hall–Kier alpha value is -2.21. The van der Waals surface area contributed by atoms with Gasteiger partial charge in [-0.05, 0) is 12.5 Å². The van der Waals surface area contributed by atoms with E-state index in [9.17, 15) is 4.79 Å². The van der Waals surface area contributed by atoms with Crippen molar-refractivity contribution in [3.63, 3.8) is 0 Å². The van der Waals surface area contributed by atoms with Crippen LogP contribution in [0.25, 0.3) is 0 Å². The Kier molecular flexibility index (Phi) is 2.60. The van der Waals surface area contributed by atoms with Crippen molar-refractivity contribution < 1.29 is 9.90 Å². The van der Waals surface area contributed by atoms with Crippen LogP contribution in [0.5, 0.6) is 0 Å². The zero-order valence-corrected chi connectivity index (χ0v) is 10.5. The summed E-state index contributed by atoms with van der Waals surface area (Å²) >= 11 is 0. The topological polar surface area (TPSA) is 80.0 Å². The number of hydrogen-bond donors (Lipinski definition) is 2. The second-order valence-corrected chi connectivity index (χ2v) is 4.82. The Balaban J connectivity index is 2.02. The Bertz CT molecular complexity index is 623. The van der Waals surface area contributed by atoms with Crippen LogP contribution in [-0.4, -0.2) is 25.8 Å². The van der Waals surface area contributed by atoms with Crippen molar-refractivity contribution in [1.82, 2.24) is 14.8 Å². The Labute approximate surface area is 110 Å². The summed E-state index contributed by atoms with van der Waals surface area (Å²) < 4.78 is 1.22. The SMILES string of the molecule is CC1(c2ccccc2)CC(=O)n2nc(CO)nc2N1. The van der Waals surface area contributed by atoms with Gasteiger partial charge in [-0.3, -0.25) is 4.79 Å². The summed E-state index contributed by atoms with van der Waals surface area (Å²) in [5, 5.41) is 16.2. The summed E-state index contributed by atoms with van der Waals surface area (Å²) in [5.74, 6) is 0.493. The minimum atomic E-state index is -0.506. The Morgan fingerprint density at radius 2 is 2.16 bits per heavy atom. The molecule has 2 N–H and O–H groups in total. The van der Waals surface area contributed by atoms with Crippen LogP contribution in [0.1, 0.15) is 29.5 Å². The standard InChI is InChI=1S/C13H14N4O2/c1-13(9-5-3-2-4-6-9)7-11(19)17-12(15-13)14-10(8-18)16-17/h2-6,18H,7-8H2,1H3,(H,14,15,16). The number of aliphatic hydroxyl groups is 1. The first-order chi connectivity index (χ1) is 9.12. The van der Waals surface area contributed by atoms with Crippen molar-refractivity contribution in [3.8, 4) is 0 Å². The summed E-state index contributed by atoms with van der Waals surface area (Å²) in [4.78, 5) is 16.3. The molecule has 0 aliphatic carbocycles. The average molecular weight is 258 g/mol. The van der Waals surface area contributed by atoms with Gasteiger partial charge in [-0.15, -0.1) is 5.10 Å². The molecule has 1 aliphatic rings. The van der Waals surface area contributed by atoms with Gasteiger partial charge in [0, 0.05) is 0 Å². The molecular formula is C13H14N4O2. The van der Waals surface area contributed by atoms with Crippen molar-refractivity contribution in [3.05, 3.63) is 41.7 Å². The minimum absolute atomic E-state index is 0.132. The average Bonchev–Trinajstić information content (AvgIpc) is 2.83. The van der Waals surface area contributed by atoms with Gasteiger partial charge >= 0.3 is 0 Å². The molecule has 0 radical (unpaired) electrons. The number of aliphatic hydroxyl groups excluding tert-OH is 1. The molecule has 1 aromatic heterocycles. The minimum Gasteiger partial charge on any atom is -0.388 e. The normalized spacial score (nSPS) is 21.9. The van der Waals surface area contributed by atoms with Crippen LogP contribution >= 0.6 is 0 Å². The predicted molar refractivity (Wildman–Crippen MR) is 68.6 cm³/mol. The molecule has 0 saturated carbocycles. The maximum absolute atomic E-state index is 12.1. The number of fused-ring (bicyclic) bond motifs is 1. The predicted octanol–water partition coefficient (Wildman–Crippen LogP) is 1.14.